The van der Waals surface area contributed by atoms with E-state index in [1.165, 1.54) is 15.9 Å². The van der Waals surface area contributed by atoms with E-state index in [-0.39, 0.29) is 0 Å². The Balaban J connectivity index is 2.37. The molecule has 0 aliphatic heterocycles. The second kappa shape index (κ2) is 4.72. The van der Waals surface area contributed by atoms with Gasteiger partial charge in [0.15, 0.2) is 0 Å². The summed E-state index contributed by atoms with van der Waals surface area (Å²) in [6, 6.07) is 21.3. The van der Waals surface area contributed by atoms with Crippen molar-refractivity contribution in [1.29, 1.82) is 0 Å². The Bertz CT molecular complexity index is 498. The second-order valence-electron chi connectivity index (χ2n) is 4.84. The lowest BCUT2D eigenvalue weighted by Gasteiger charge is -2.26. The molecule has 2 aromatic carbocycles. The Morgan fingerprint density at radius 1 is 0.824 bits per heavy atom. The average Bonchev–Trinajstić information content (AvgIpc) is 2.40. The maximum atomic E-state index is 4.33. The summed E-state index contributed by atoms with van der Waals surface area (Å²) >= 11 is 0. The molecule has 17 heavy (non-hydrogen) atoms. The lowest BCUT2D eigenvalue weighted by Crippen LogP contribution is -2.42. The molecule has 86 valence electrons. The quantitative estimate of drug-likeness (QED) is 0.712. The first-order chi connectivity index (χ1) is 8.12. The monoisotopic (exact) mass is 238 g/mol. The predicted octanol–water partition coefficient (Wildman–Crippen LogP) is 3.85. The molecule has 0 amide bonds. The molecule has 0 aromatic heterocycles. The van der Waals surface area contributed by atoms with Crippen molar-refractivity contribution in [3.8, 4) is 0 Å². The van der Waals surface area contributed by atoms with Crippen molar-refractivity contribution in [3.63, 3.8) is 0 Å². The van der Waals surface area contributed by atoms with E-state index < -0.39 is 8.07 Å². The summed E-state index contributed by atoms with van der Waals surface area (Å²) in [6.07, 6.45) is 0. The van der Waals surface area contributed by atoms with Gasteiger partial charge in [0.05, 0.1) is 0 Å². The van der Waals surface area contributed by atoms with Crippen molar-refractivity contribution in [2.24, 2.45) is 0 Å². The highest BCUT2D eigenvalue weighted by molar-refractivity contribution is 7.04. The smallest absolute Gasteiger partial charge is 0.0988 e. The third-order valence-electron chi connectivity index (χ3n) is 3.37. The number of hydrogen-bond acceptors (Lipinski definition) is 0. The van der Waals surface area contributed by atoms with E-state index in [0.29, 0.717) is 0 Å². The van der Waals surface area contributed by atoms with Gasteiger partial charge in [-0.3, -0.25) is 0 Å². The molecular weight excluding hydrogens is 220 g/mol. The molecule has 0 aliphatic rings. The SMILES string of the molecule is C=C(c1ccccc1)[Si](C)(C)c1ccccc1. The van der Waals surface area contributed by atoms with E-state index in [9.17, 15) is 0 Å². The highest BCUT2D eigenvalue weighted by atomic mass is 28.3. The van der Waals surface area contributed by atoms with Crippen LogP contribution >= 0.6 is 0 Å². The molecule has 0 fully saturated rings. The molecule has 2 aromatic rings. The van der Waals surface area contributed by atoms with E-state index in [2.05, 4.69) is 74.3 Å². The van der Waals surface area contributed by atoms with Crippen LogP contribution in [0, 0.1) is 0 Å². The van der Waals surface area contributed by atoms with Crippen LogP contribution < -0.4 is 5.19 Å². The number of rotatable bonds is 3. The Kier molecular flexibility index (Phi) is 3.30. The van der Waals surface area contributed by atoms with Crippen LogP contribution in [-0.2, 0) is 0 Å². The Labute approximate surface area is 105 Å². The fourth-order valence-electron chi connectivity index (χ4n) is 2.03. The van der Waals surface area contributed by atoms with Gasteiger partial charge in [-0.1, -0.05) is 90.7 Å². The number of hydrogen-bond donors (Lipinski definition) is 0. The Morgan fingerprint density at radius 2 is 1.29 bits per heavy atom. The Morgan fingerprint density at radius 3 is 1.82 bits per heavy atom. The second-order valence-corrected chi connectivity index (χ2v) is 9.27. The molecule has 0 saturated carbocycles. The van der Waals surface area contributed by atoms with Crippen molar-refractivity contribution in [2.75, 3.05) is 0 Å². The van der Waals surface area contributed by atoms with Gasteiger partial charge in [0.2, 0.25) is 0 Å². The van der Waals surface area contributed by atoms with Crippen LogP contribution in [0.3, 0.4) is 0 Å². The summed E-state index contributed by atoms with van der Waals surface area (Å²) < 4.78 is 0. The van der Waals surface area contributed by atoms with Crippen LogP contribution in [0.2, 0.25) is 13.1 Å². The topological polar surface area (TPSA) is 0 Å². The maximum Gasteiger partial charge on any atom is 0.112 e. The standard InChI is InChI=1S/C16H18Si/c1-14(15-10-6-4-7-11-15)17(2,3)16-12-8-5-9-13-16/h4-13H,1H2,2-3H3. The van der Waals surface area contributed by atoms with Crippen LogP contribution in [0.1, 0.15) is 5.56 Å². The van der Waals surface area contributed by atoms with Crippen molar-refractivity contribution in [1.82, 2.24) is 0 Å². The van der Waals surface area contributed by atoms with Gasteiger partial charge in [-0.05, 0) is 5.56 Å². The van der Waals surface area contributed by atoms with Gasteiger partial charge in [0, 0.05) is 0 Å². The zero-order chi connectivity index (χ0) is 12.3. The molecule has 0 unspecified atom stereocenters. The van der Waals surface area contributed by atoms with E-state index >= 15 is 0 Å². The minimum Gasteiger partial charge on any atom is -0.0988 e. The van der Waals surface area contributed by atoms with Gasteiger partial charge < -0.3 is 0 Å². The van der Waals surface area contributed by atoms with Gasteiger partial charge >= 0.3 is 0 Å². The molecule has 0 bridgehead atoms. The maximum absolute atomic E-state index is 4.33. The third-order valence-corrected chi connectivity index (χ3v) is 6.95. The van der Waals surface area contributed by atoms with E-state index in [1.807, 2.05) is 6.07 Å². The van der Waals surface area contributed by atoms with Crippen LogP contribution in [0.4, 0.5) is 0 Å². The normalized spacial score (nSPS) is 11.2. The summed E-state index contributed by atoms with van der Waals surface area (Å²) in [5.74, 6) is 0. The lowest BCUT2D eigenvalue weighted by atomic mass is 10.2. The van der Waals surface area contributed by atoms with E-state index in [0.717, 1.165) is 0 Å². The number of benzene rings is 2. The van der Waals surface area contributed by atoms with Gasteiger partial charge in [-0.2, -0.15) is 0 Å². The molecule has 1 heteroatoms. The predicted molar refractivity (Wildman–Crippen MR) is 79.0 cm³/mol. The van der Waals surface area contributed by atoms with Gasteiger partial charge in [0.25, 0.3) is 0 Å². The fraction of sp³-hybridized carbons (Fsp3) is 0.125. The fourth-order valence-corrected chi connectivity index (χ4v) is 4.29. The van der Waals surface area contributed by atoms with Crippen molar-refractivity contribution >= 4 is 18.5 Å². The summed E-state index contributed by atoms with van der Waals surface area (Å²) in [7, 11) is -1.62. The third kappa shape index (κ3) is 2.39. The minimum absolute atomic E-state index is 1.27. The van der Waals surface area contributed by atoms with Crippen molar-refractivity contribution in [3.05, 3.63) is 72.8 Å². The first kappa shape index (κ1) is 11.9. The average molecular weight is 238 g/mol. The van der Waals surface area contributed by atoms with Gasteiger partial charge in [-0.15, -0.1) is 0 Å². The zero-order valence-electron chi connectivity index (χ0n) is 10.5. The summed E-state index contributed by atoms with van der Waals surface area (Å²) in [5.41, 5.74) is 1.27. The largest absolute Gasteiger partial charge is 0.112 e. The highest BCUT2D eigenvalue weighted by Crippen LogP contribution is 2.23. The molecule has 0 radical (unpaired) electrons. The summed E-state index contributed by atoms with van der Waals surface area (Å²) in [6.45, 7) is 9.05. The van der Waals surface area contributed by atoms with E-state index in [1.54, 1.807) is 0 Å². The molecule has 0 spiro atoms. The first-order valence-corrected chi connectivity index (χ1v) is 8.92. The van der Waals surface area contributed by atoms with Crippen LogP contribution in [-0.4, -0.2) is 8.07 Å². The summed E-state index contributed by atoms with van der Waals surface area (Å²) in [4.78, 5) is 0. The van der Waals surface area contributed by atoms with Crippen LogP contribution in [0.5, 0.6) is 0 Å². The molecule has 2 rings (SSSR count). The van der Waals surface area contributed by atoms with Crippen LogP contribution in [0.15, 0.2) is 67.2 Å². The molecule has 0 saturated heterocycles. The van der Waals surface area contributed by atoms with Gasteiger partial charge in [0.1, 0.15) is 8.07 Å². The van der Waals surface area contributed by atoms with E-state index in [4.69, 9.17) is 0 Å². The van der Waals surface area contributed by atoms with Crippen LogP contribution in [0.25, 0.3) is 5.20 Å². The first-order valence-electron chi connectivity index (χ1n) is 5.92. The van der Waals surface area contributed by atoms with Crippen molar-refractivity contribution < 1.29 is 0 Å². The minimum atomic E-state index is -1.62. The molecule has 0 atom stereocenters. The molecular formula is C16H18Si. The molecule has 0 aliphatic carbocycles. The summed E-state index contributed by atoms with van der Waals surface area (Å²) in [5, 5.41) is 2.73. The lowest BCUT2D eigenvalue weighted by molar-refractivity contribution is 1.62. The zero-order valence-corrected chi connectivity index (χ0v) is 11.5. The van der Waals surface area contributed by atoms with Gasteiger partial charge in [-0.25, -0.2) is 0 Å². The molecule has 0 N–H and O–H groups in total. The highest BCUT2D eigenvalue weighted by Gasteiger charge is 2.27. The van der Waals surface area contributed by atoms with Crippen molar-refractivity contribution in [2.45, 2.75) is 13.1 Å². The molecule has 0 heterocycles. The Hall–Kier alpha value is -1.60. The molecule has 0 nitrogen and oxygen atoms in total.